The summed E-state index contributed by atoms with van der Waals surface area (Å²) < 4.78 is 3.93. The van der Waals surface area contributed by atoms with Crippen molar-refractivity contribution in [2.45, 2.75) is 10.9 Å². The van der Waals surface area contributed by atoms with Crippen LogP contribution in [0.4, 0.5) is 5.82 Å². The van der Waals surface area contributed by atoms with Crippen LogP contribution in [0.2, 0.25) is 0 Å². The van der Waals surface area contributed by atoms with Gasteiger partial charge in [0.15, 0.2) is 9.99 Å². The summed E-state index contributed by atoms with van der Waals surface area (Å²) in [5.41, 5.74) is 0.618. The molecule has 2 aromatic heterocycles. The molecule has 82 valence electrons. The van der Waals surface area contributed by atoms with Crippen LogP contribution in [-0.4, -0.2) is 26.7 Å². The first-order chi connectivity index (χ1) is 7.69. The molecule has 0 saturated carbocycles. The van der Waals surface area contributed by atoms with E-state index in [9.17, 15) is 4.79 Å². The van der Waals surface area contributed by atoms with E-state index in [0.717, 1.165) is 14.9 Å². The molecular formula is C8H6N4OS3. The van der Waals surface area contributed by atoms with Crippen molar-refractivity contribution < 1.29 is 4.79 Å². The maximum Gasteiger partial charge on any atom is 0.245 e. The van der Waals surface area contributed by atoms with E-state index in [-0.39, 0.29) is 12.5 Å². The molecule has 0 atom stereocenters. The lowest BCUT2D eigenvalue weighted by Gasteiger charge is -2.00. The highest BCUT2D eigenvalue weighted by molar-refractivity contribution is 8.00. The average molecular weight is 270 g/mol. The van der Waals surface area contributed by atoms with Gasteiger partial charge in [-0.05, 0) is 18.5 Å². The molecule has 5 nitrogen and oxygen atoms in total. The molecule has 1 aliphatic heterocycles. The highest BCUT2D eigenvalue weighted by Gasteiger charge is 2.22. The fraction of sp³-hybridized carbons (Fsp3) is 0.250. The van der Waals surface area contributed by atoms with Gasteiger partial charge < -0.3 is 5.32 Å². The lowest BCUT2D eigenvalue weighted by Crippen LogP contribution is -2.04. The SMILES string of the molecule is CSc1nc2nc(=S)n3c(c2s1)NC(=O)C3. The number of nitrogens with one attached hydrogen (secondary N) is 1. The van der Waals surface area contributed by atoms with Crippen LogP contribution in [0.5, 0.6) is 0 Å². The molecule has 1 amide bonds. The maximum atomic E-state index is 11.3. The number of thioether (sulfide) groups is 1. The van der Waals surface area contributed by atoms with Gasteiger partial charge in [-0.2, -0.15) is 4.98 Å². The van der Waals surface area contributed by atoms with Gasteiger partial charge in [0.1, 0.15) is 17.1 Å². The van der Waals surface area contributed by atoms with Gasteiger partial charge in [-0.15, -0.1) is 11.3 Å². The summed E-state index contributed by atoms with van der Waals surface area (Å²) in [6, 6.07) is 0. The molecule has 0 saturated heterocycles. The Kier molecular flexibility index (Phi) is 2.23. The second kappa shape index (κ2) is 3.51. The Morgan fingerprint density at radius 1 is 1.56 bits per heavy atom. The van der Waals surface area contributed by atoms with Crippen molar-refractivity contribution in [1.29, 1.82) is 0 Å². The van der Waals surface area contributed by atoms with E-state index in [0.29, 0.717) is 10.4 Å². The Labute approximate surface area is 104 Å². The molecule has 0 aromatic carbocycles. The molecule has 8 heteroatoms. The minimum absolute atomic E-state index is 0.0560. The average Bonchev–Trinajstić information content (AvgIpc) is 2.80. The summed E-state index contributed by atoms with van der Waals surface area (Å²) in [4.78, 5) is 19.9. The number of hydrogen-bond donors (Lipinski definition) is 1. The van der Waals surface area contributed by atoms with Crippen LogP contribution in [0.25, 0.3) is 10.3 Å². The number of aromatic nitrogens is 3. The summed E-state index contributed by atoms with van der Waals surface area (Å²) in [5, 5.41) is 2.80. The standard InChI is InChI=1S/C8H6N4OS3/c1-15-8-11-5-4(16-8)6-9-3(13)2-12(6)7(14)10-5/h2H2,1H3,(H,9,13). The number of thiazole rings is 1. The van der Waals surface area contributed by atoms with E-state index in [1.54, 1.807) is 16.3 Å². The van der Waals surface area contributed by atoms with Crippen molar-refractivity contribution in [1.82, 2.24) is 14.5 Å². The fourth-order valence-corrected chi connectivity index (χ4v) is 3.32. The number of carbonyl (C=O) groups excluding carboxylic acids is 1. The first-order valence-electron chi connectivity index (χ1n) is 4.44. The van der Waals surface area contributed by atoms with Crippen LogP contribution in [0, 0.1) is 4.77 Å². The molecule has 16 heavy (non-hydrogen) atoms. The summed E-state index contributed by atoms with van der Waals surface area (Å²) in [6.45, 7) is 0.254. The van der Waals surface area contributed by atoms with Crippen molar-refractivity contribution in [3.63, 3.8) is 0 Å². The van der Waals surface area contributed by atoms with Gasteiger partial charge in [0.05, 0.1) is 0 Å². The molecule has 0 bridgehead atoms. The third-order valence-corrected chi connectivity index (χ3v) is 4.59. The van der Waals surface area contributed by atoms with Crippen LogP contribution in [-0.2, 0) is 11.3 Å². The normalized spacial score (nSPS) is 14.2. The minimum atomic E-state index is -0.0560. The van der Waals surface area contributed by atoms with E-state index < -0.39 is 0 Å². The molecule has 3 heterocycles. The molecule has 1 N–H and O–H groups in total. The second-order valence-corrected chi connectivity index (χ2v) is 5.63. The zero-order chi connectivity index (χ0) is 11.3. The van der Waals surface area contributed by atoms with Crippen LogP contribution < -0.4 is 5.32 Å². The van der Waals surface area contributed by atoms with E-state index in [2.05, 4.69) is 15.3 Å². The van der Waals surface area contributed by atoms with Gasteiger partial charge in [-0.25, -0.2) is 4.98 Å². The van der Waals surface area contributed by atoms with Crippen molar-refractivity contribution in [3.8, 4) is 0 Å². The Bertz CT molecular complexity index is 659. The molecule has 0 fully saturated rings. The molecule has 0 radical (unpaired) electrons. The molecule has 2 aromatic rings. The Morgan fingerprint density at radius 2 is 2.38 bits per heavy atom. The van der Waals surface area contributed by atoms with E-state index in [4.69, 9.17) is 12.2 Å². The van der Waals surface area contributed by atoms with Crippen LogP contribution in [0.15, 0.2) is 4.34 Å². The molecule has 0 spiro atoms. The third-order valence-electron chi connectivity index (χ3n) is 2.24. The maximum absolute atomic E-state index is 11.3. The van der Waals surface area contributed by atoms with Crippen LogP contribution in [0.1, 0.15) is 0 Å². The number of fused-ring (bicyclic) bond motifs is 3. The number of carbonyl (C=O) groups is 1. The van der Waals surface area contributed by atoms with Crippen LogP contribution >= 0.6 is 35.3 Å². The molecule has 0 aliphatic carbocycles. The fourth-order valence-electron chi connectivity index (χ4n) is 1.57. The zero-order valence-electron chi connectivity index (χ0n) is 8.18. The van der Waals surface area contributed by atoms with E-state index >= 15 is 0 Å². The van der Waals surface area contributed by atoms with Gasteiger partial charge in [0.2, 0.25) is 10.7 Å². The first kappa shape index (κ1) is 10.2. The molecule has 0 unspecified atom stereocenters. The zero-order valence-corrected chi connectivity index (χ0v) is 10.6. The van der Waals surface area contributed by atoms with Crippen molar-refractivity contribution in [2.24, 2.45) is 0 Å². The predicted molar refractivity (Wildman–Crippen MR) is 66.6 cm³/mol. The highest BCUT2D eigenvalue weighted by atomic mass is 32.2. The first-order valence-corrected chi connectivity index (χ1v) is 6.89. The quantitative estimate of drug-likeness (QED) is 0.633. The Hall–Kier alpha value is -0.990. The number of hydrogen-bond acceptors (Lipinski definition) is 6. The van der Waals surface area contributed by atoms with Gasteiger partial charge >= 0.3 is 0 Å². The molecular weight excluding hydrogens is 264 g/mol. The number of anilines is 1. The number of amides is 1. The predicted octanol–water partition coefficient (Wildman–Crippen LogP) is 1.90. The summed E-state index contributed by atoms with van der Waals surface area (Å²) in [5.74, 6) is 0.678. The lowest BCUT2D eigenvalue weighted by molar-refractivity contribution is -0.115. The van der Waals surface area contributed by atoms with Gasteiger partial charge in [-0.1, -0.05) is 11.8 Å². The summed E-state index contributed by atoms with van der Waals surface area (Å²) in [7, 11) is 0. The number of nitrogens with zero attached hydrogens (tertiary/aromatic N) is 3. The largest absolute Gasteiger partial charge is 0.309 e. The highest BCUT2D eigenvalue weighted by Crippen LogP contribution is 2.34. The second-order valence-electron chi connectivity index (χ2n) is 3.21. The summed E-state index contributed by atoms with van der Waals surface area (Å²) >= 11 is 8.20. The monoisotopic (exact) mass is 270 g/mol. The third kappa shape index (κ3) is 1.37. The number of rotatable bonds is 1. The Balaban J connectivity index is 2.39. The summed E-state index contributed by atoms with van der Waals surface area (Å²) in [6.07, 6.45) is 1.96. The van der Waals surface area contributed by atoms with Gasteiger partial charge in [0, 0.05) is 0 Å². The van der Waals surface area contributed by atoms with E-state index in [1.807, 2.05) is 6.26 Å². The topological polar surface area (TPSA) is 59.8 Å². The molecule has 3 rings (SSSR count). The Morgan fingerprint density at radius 3 is 3.12 bits per heavy atom. The van der Waals surface area contributed by atoms with Crippen molar-refractivity contribution >= 4 is 57.4 Å². The van der Waals surface area contributed by atoms with Crippen molar-refractivity contribution in [2.75, 3.05) is 11.6 Å². The van der Waals surface area contributed by atoms with Crippen LogP contribution in [0.3, 0.4) is 0 Å². The van der Waals surface area contributed by atoms with Crippen molar-refractivity contribution in [3.05, 3.63) is 4.77 Å². The van der Waals surface area contributed by atoms with Gasteiger partial charge in [0.25, 0.3) is 0 Å². The van der Waals surface area contributed by atoms with Gasteiger partial charge in [-0.3, -0.25) is 9.36 Å². The minimum Gasteiger partial charge on any atom is -0.309 e. The van der Waals surface area contributed by atoms with E-state index in [1.165, 1.54) is 11.3 Å². The lowest BCUT2D eigenvalue weighted by atomic mass is 10.5. The smallest absolute Gasteiger partial charge is 0.245 e. The molecule has 1 aliphatic rings.